The van der Waals surface area contributed by atoms with Gasteiger partial charge in [0.05, 0.1) is 17.9 Å². The van der Waals surface area contributed by atoms with Crippen molar-refractivity contribution in [2.45, 2.75) is 13.1 Å². The first-order valence-corrected chi connectivity index (χ1v) is 7.85. The Labute approximate surface area is 152 Å². The van der Waals surface area contributed by atoms with Gasteiger partial charge in [-0.3, -0.25) is 4.79 Å². The molecular weight excluding hydrogens is 373 g/mol. The van der Waals surface area contributed by atoms with Gasteiger partial charge in [-0.25, -0.2) is 9.97 Å². The molecule has 0 bridgehead atoms. The Hall–Kier alpha value is -2.39. The Morgan fingerprint density at radius 2 is 2.00 bits per heavy atom. The van der Waals surface area contributed by atoms with Crippen molar-refractivity contribution in [1.29, 1.82) is 0 Å². The van der Waals surface area contributed by atoms with Crippen molar-refractivity contribution < 1.29 is 22.7 Å². The van der Waals surface area contributed by atoms with E-state index in [0.29, 0.717) is 18.8 Å². The van der Waals surface area contributed by atoms with E-state index in [0.717, 1.165) is 12.1 Å². The molecule has 1 aromatic heterocycles. The molecule has 26 heavy (non-hydrogen) atoms. The molecule has 1 amide bonds. The molecule has 0 aliphatic rings. The molecule has 2 aromatic rings. The number of hydrogen-bond donors (Lipinski definition) is 2. The van der Waals surface area contributed by atoms with Crippen LogP contribution in [0.5, 0.6) is 0 Å². The molecule has 0 saturated carbocycles. The highest BCUT2D eigenvalue weighted by molar-refractivity contribution is 6.30. The highest BCUT2D eigenvalue weighted by Crippen LogP contribution is 2.36. The van der Waals surface area contributed by atoms with Gasteiger partial charge in [0.25, 0.3) is 5.91 Å². The molecule has 0 aliphatic heterocycles. The Morgan fingerprint density at radius 1 is 1.27 bits per heavy atom. The zero-order chi connectivity index (χ0) is 19.3. The smallest absolute Gasteiger partial charge is 0.383 e. The number of hydrogen-bond acceptors (Lipinski definition) is 5. The number of aromatic nitrogens is 2. The molecular formula is C16H16ClF3N4O2. The van der Waals surface area contributed by atoms with Crippen LogP contribution in [0.3, 0.4) is 0 Å². The van der Waals surface area contributed by atoms with Gasteiger partial charge < -0.3 is 15.4 Å². The minimum atomic E-state index is -4.66. The monoisotopic (exact) mass is 388 g/mol. The maximum atomic E-state index is 13.1. The van der Waals surface area contributed by atoms with E-state index in [-0.39, 0.29) is 16.7 Å². The van der Waals surface area contributed by atoms with Crippen LogP contribution in [0.15, 0.2) is 24.3 Å². The second kappa shape index (κ2) is 8.33. The number of carbonyl (C=O) groups is 1. The van der Waals surface area contributed by atoms with Crippen molar-refractivity contribution in [2.75, 3.05) is 30.9 Å². The Balaban J connectivity index is 2.25. The first-order valence-electron chi connectivity index (χ1n) is 7.47. The summed E-state index contributed by atoms with van der Waals surface area (Å²) in [5.74, 6) is -0.613. The summed E-state index contributed by atoms with van der Waals surface area (Å²) in [6, 6.07) is 4.48. The highest BCUT2D eigenvalue weighted by Gasteiger charge is 2.34. The van der Waals surface area contributed by atoms with Crippen LogP contribution in [0.25, 0.3) is 0 Å². The average molecular weight is 389 g/mol. The lowest BCUT2D eigenvalue weighted by molar-refractivity contribution is -0.136. The van der Waals surface area contributed by atoms with Gasteiger partial charge in [0.1, 0.15) is 5.69 Å². The Kier molecular flexibility index (Phi) is 6.38. The minimum Gasteiger partial charge on any atom is -0.383 e. The molecule has 6 nitrogen and oxygen atoms in total. The molecule has 0 aliphatic carbocycles. The molecule has 0 radical (unpaired) electrons. The van der Waals surface area contributed by atoms with E-state index in [2.05, 4.69) is 20.6 Å². The largest absolute Gasteiger partial charge is 0.418 e. The number of amides is 1. The van der Waals surface area contributed by atoms with Crippen LogP contribution in [-0.2, 0) is 10.9 Å². The van der Waals surface area contributed by atoms with Crippen molar-refractivity contribution in [3.05, 3.63) is 46.2 Å². The number of halogens is 4. The van der Waals surface area contributed by atoms with Gasteiger partial charge in [0.15, 0.2) is 0 Å². The van der Waals surface area contributed by atoms with Gasteiger partial charge in [0, 0.05) is 24.4 Å². The quantitative estimate of drug-likeness (QED) is 0.737. The van der Waals surface area contributed by atoms with E-state index in [9.17, 15) is 18.0 Å². The van der Waals surface area contributed by atoms with Crippen LogP contribution >= 0.6 is 11.6 Å². The Morgan fingerprint density at radius 3 is 2.65 bits per heavy atom. The summed E-state index contributed by atoms with van der Waals surface area (Å²) >= 11 is 5.63. The normalized spacial score (nSPS) is 11.3. The topological polar surface area (TPSA) is 76.1 Å². The summed E-state index contributed by atoms with van der Waals surface area (Å²) in [6.07, 6.45) is -4.66. The number of nitrogens with zero attached hydrogens (tertiary/aromatic N) is 2. The van der Waals surface area contributed by atoms with E-state index < -0.39 is 23.3 Å². The molecule has 0 fully saturated rings. The zero-order valence-electron chi connectivity index (χ0n) is 13.9. The van der Waals surface area contributed by atoms with Crippen molar-refractivity contribution in [3.8, 4) is 0 Å². The number of methoxy groups -OCH3 is 1. The van der Waals surface area contributed by atoms with Gasteiger partial charge >= 0.3 is 6.18 Å². The summed E-state index contributed by atoms with van der Waals surface area (Å²) < 4.78 is 44.3. The molecule has 0 atom stereocenters. The van der Waals surface area contributed by atoms with Gasteiger partial charge in [0.2, 0.25) is 5.95 Å². The molecule has 10 heteroatoms. The van der Waals surface area contributed by atoms with E-state index >= 15 is 0 Å². The lowest BCUT2D eigenvalue weighted by atomic mass is 10.1. The van der Waals surface area contributed by atoms with E-state index in [1.54, 1.807) is 6.92 Å². The minimum absolute atomic E-state index is 0.0690. The highest BCUT2D eigenvalue weighted by atomic mass is 35.5. The third-order valence-electron chi connectivity index (χ3n) is 3.21. The van der Waals surface area contributed by atoms with Crippen LogP contribution in [-0.4, -0.2) is 36.1 Å². The van der Waals surface area contributed by atoms with E-state index in [1.165, 1.54) is 19.2 Å². The van der Waals surface area contributed by atoms with Crippen molar-refractivity contribution >= 4 is 29.1 Å². The molecule has 0 spiro atoms. The standard InChI is InChI=1S/C16H16ClF3N4O2/c1-9-7-13(24-15(22-9)21-5-6-26-2)14(25)23-12-4-3-10(17)8-11(12)16(18,19)20/h3-4,7-8H,5-6H2,1-2H3,(H,23,25)(H,21,22,24). The second-order valence-corrected chi connectivity index (χ2v) is 5.72. The number of alkyl halides is 3. The lowest BCUT2D eigenvalue weighted by Crippen LogP contribution is -2.19. The van der Waals surface area contributed by atoms with Gasteiger partial charge in [-0.15, -0.1) is 0 Å². The SMILES string of the molecule is COCCNc1nc(C)cc(C(=O)Nc2ccc(Cl)cc2C(F)(F)F)n1. The molecule has 0 unspecified atom stereocenters. The van der Waals surface area contributed by atoms with Crippen LogP contribution in [0.1, 0.15) is 21.7 Å². The predicted molar refractivity (Wildman–Crippen MR) is 91.5 cm³/mol. The first kappa shape index (κ1) is 19.9. The average Bonchev–Trinajstić information content (AvgIpc) is 2.55. The van der Waals surface area contributed by atoms with E-state index in [4.69, 9.17) is 16.3 Å². The fourth-order valence-electron chi connectivity index (χ4n) is 2.08. The van der Waals surface area contributed by atoms with Crippen molar-refractivity contribution in [1.82, 2.24) is 9.97 Å². The molecule has 2 N–H and O–H groups in total. The first-order chi connectivity index (χ1) is 12.2. The fourth-order valence-corrected chi connectivity index (χ4v) is 2.25. The lowest BCUT2D eigenvalue weighted by Gasteiger charge is -2.14. The predicted octanol–water partition coefficient (Wildman–Crippen LogP) is 3.77. The van der Waals surface area contributed by atoms with E-state index in [1.807, 2.05) is 0 Å². The summed E-state index contributed by atoms with van der Waals surface area (Å²) in [7, 11) is 1.53. The third-order valence-corrected chi connectivity index (χ3v) is 3.45. The summed E-state index contributed by atoms with van der Waals surface area (Å²) in [5.41, 5.74) is -1.03. The summed E-state index contributed by atoms with van der Waals surface area (Å²) in [5, 5.41) is 5.00. The molecule has 1 heterocycles. The van der Waals surface area contributed by atoms with Gasteiger partial charge in [-0.1, -0.05) is 11.6 Å². The van der Waals surface area contributed by atoms with Crippen LogP contribution in [0.2, 0.25) is 5.02 Å². The number of anilines is 2. The number of carbonyl (C=O) groups excluding carboxylic acids is 1. The zero-order valence-corrected chi connectivity index (χ0v) is 14.7. The number of rotatable bonds is 6. The maximum absolute atomic E-state index is 13.1. The van der Waals surface area contributed by atoms with Crippen LogP contribution < -0.4 is 10.6 Å². The fraction of sp³-hybridized carbons (Fsp3) is 0.312. The summed E-state index contributed by atoms with van der Waals surface area (Å²) in [6.45, 7) is 2.46. The van der Waals surface area contributed by atoms with Gasteiger partial charge in [-0.2, -0.15) is 13.2 Å². The van der Waals surface area contributed by atoms with Crippen LogP contribution in [0, 0.1) is 6.92 Å². The van der Waals surface area contributed by atoms with Crippen LogP contribution in [0.4, 0.5) is 24.8 Å². The molecule has 1 aromatic carbocycles. The number of nitrogens with one attached hydrogen (secondary N) is 2. The summed E-state index contributed by atoms with van der Waals surface area (Å²) in [4.78, 5) is 20.5. The molecule has 0 saturated heterocycles. The number of aryl methyl sites for hydroxylation is 1. The molecule has 140 valence electrons. The van der Waals surface area contributed by atoms with Crippen molar-refractivity contribution in [3.63, 3.8) is 0 Å². The second-order valence-electron chi connectivity index (χ2n) is 5.28. The molecule has 2 rings (SSSR count). The number of ether oxygens (including phenoxy) is 1. The third kappa shape index (κ3) is 5.30. The number of benzene rings is 1. The van der Waals surface area contributed by atoms with Crippen molar-refractivity contribution in [2.24, 2.45) is 0 Å². The Bertz CT molecular complexity index is 800. The van der Waals surface area contributed by atoms with Gasteiger partial charge in [-0.05, 0) is 31.2 Å². The maximum Gasteiger partial charge on any atom is 0.418 e.